The van der Waals surface area contributed by atoms with Crippen LogP contribution in [0.3, 0.4) is 0 Å². The van der Waals surface area contributed by atoms with Crippen LogP contribution in [0.1, 0.15) is 26.7 Å². The third kappa shape index (κ3) is 2.06. The van der Waals surface area contributed by atoms with Gasteiger partial charge in [0.2, 0.25) is 0 Å². The predicted molar refractivity (Wildman–Crippen MR) is 63.9 cm³/mol. The number of anilines is 2. The number of pyridine rings is 1. The number of piperidine rings is 1. The van der Waals surface area contributed by atoms with Crippen LogP contribution in [0.25, 0.3) is 0 Å². The SMILES string of the molecule is CC1CCN(c2ccncc2N)C(C)C1. The number of nitrogens with two attached hydrogens (primary N) is 1. The van der Waals surface area contributed by atoms with Crippen LogP contribution in [0.4, 0.5) is 11.4 Å². The summed E-state index contributed by atoms with van der Waals surface area (Å²) in [5.74, 6) is 0.833. The van der Waals surface area contributed by atoms with Gasteiger partial charge >= 0.3 is 0 Å². The van der Waals surface area contributed by atoms with Gasteiger partial charge in [-0.2, -0.15) is 0 Å². The molecule has 0 aromatic carbocycles. The van der Waals surface area contributed by atoms with E-state index in [9.17, 15) is 0 Å². The topological polar surface area (TPSA) is 42.2 Å². The highest BCUT2D eigenvalue weighted by molar-refractivity contribution is 5.66. The van der Waals surface area contributed by atoms with E-state index in [0.29, 0.717) is 6.04 Å². The van der Waals surface area contributed by atoms with E-state index in [1.165, 1.54) is 12.8 Å². The predicted octanol–water partition coefficient (Wildman–Crippen LogP) is 2.29. The van der Waals surface area contributed by atoms with Gasteiger partial charge in [0.1, 0.15) is 0 Å². The summed E-state index contributed by atoms with van der Waals surface area (Å²) in [5.41, 5.74) is 7.88. The normalized spacial score (nSPS) is 26.7. The molecule has 1 aromatic rings. The van der Waals surface area contributed by atoms with E-state index >= 15 is 0 Å². The van der Waals surface area contributed by atoms with Crippen molar-refractivity contribution in [2.75, 3.05) is 17.2 Å². The Balaban J connectivity index is 2.20. The van der Waals surface area contributed by atoms with Crippen molar-refractivity contribution in [1.29, 1.82) is 0 Å². The molecule has 15 heavy (non-hydrogen) atoms. The first kappa shape index (κ1) is 10.3. The van der Waals surface area contributed by atoms with Gasteiger partial charge in [-0.25, -0.2) is 0 Å². The Morgan fingerprint density at radius 2 is 2.27 bits per heavy atom. The lowest BCUT2D eigenvalue weighted by atomic mass is 9.93. The van der Waals surface area contributed by atoms with Gasteiger partial charge in [0, 0.05) is 18.8 Å². The van der Waals surface area contributed by atoms with E-state index in [0.717, 1.165) is 23.8 Å². The van der Waals surface area contributed by atoms with Crippen molar-refractivity contribution in [2.45, 2.75) is 32.7 Å². The van der Waals surface area contributed by atoms with E-state index in [1.54, 1.807) is 6.20 Å². The Hall–Kier alpha value is -1.25. The lowest BCUT2D eigenvalue weighted by molar-refractivity contribution is 0.378. The van der Waals surface area contributed by atoms with Gasteiger partial charge in [0.15, 0.2) is 0 Å². The molecule has 0 bridgehead atoms. The average Bonchev–Trinajstić information content (AvgIpc) is 2.20. The maximum absolute atomic E-state index is 5.94. The fourth-order valence-corrected chi connectivity index (χ4v) is 2.43. The Bertz CT molecular complexity index is 337. The summed E-state index contributed by atoms with van der Waals surface area (Å²) in [6.07, 6.45) is 6.06. The van der Waals surface area contributed by atoms with E-state index in [1.807, 2.05) is 12.3 Å². The Kier molecular flexibility index (Phi) is 2.80. The molecule has 0 amide bonds. The molecule has 2 heterocycles. The van der Waals surface area contributed by atoms with Crippen LogP contribution in [0.2, 0.25) is 0 Å². The van der Waals surface area contributed by atoms with Crippen LogP contribution in [0.15, 0.2) is 18.5 Å². The number of rotatable bonds is 1. The van der Waals surface area contributed by atoms with E-state index in [2.05, 4.69) is 23.7 Å². The van der Waals surface area contributed by atoms with E-state index in [-0.39, 0.29) is 0 Å². The molecule has 2 atom stereocenters. The van der Waals surface area contributed by atoms with Crippen LogP contribution in [0.5, 0.6) is 0 Å². The number of nitrogens with zero attached hydrogens (tertiary/aromatic N) is 2. The van der Waals surface area contributed by atoms with Gasteiger partial charge in [-0.05, 0) is 31.7 Å². The zero-order chi connectivity index (χ0) is 10.8. The minimum absolute atomic E-state index is 0.582. The van der Waals surface area contributed by atoms with Crippen molar-refractivity contribution >= 4 is 11.4 Å². The molecule has 0 saturated carbocycles. The third-order valence-electron chi connectivity index (χ3n) is 3.28. The Morgan fingerprint density at radius 3 is 2.93 bits per heavy atom. The van der Waals surface area contributed by atoms with Gasteiger partial charge in [-0.1, -0.05) is 6.92 Å². The van der Waals surface area contributed by atoms with Crippen LogP contribution >= 0.6 is 0 Å². The number of hydrogen-bond acceptors (Lipinski definition) is 3. The second kappa shape index (κ2) is 4.09. The highest BCUT2D eigenvalue weighted by atomic mass is 15.2. The smallest absolute Gasteiger partial charge is 0.0738 e. The van der Waals surface area contributed by atoms with Crippen molar-refractivity contribution in [2.24, 2.45) is 5.92 Å². The second-order valence-electron chi connectivity index (χ2n) is 4.61. The summed E-state index contributed by atoms with van der Waals surface area (Å²) in [4.78, 5) is 6.43. The number of nitrogen functional groups attached to an aromatic ring is 1. The molecule has 1 aromatic heterocycles. The first-order valence-corrected chi connectivity index (χ1v) is 5.64. The molecule has 1 fully saturated rings. The second-order valence-corrected chi connectivity index (χ2v) is 4.61. The van der Waals surface area contributed by atoms with Gasteiger partial charge in [0.05, 0.1) is 17.6 Å². The monoisotopic (exact) mass is 205 g/mol. The first-order chi connectivity index (χ1) is 7.18. The molecule has 2 unspecified atom stereocenters. The fraction of sp³-hybridized carbons (Fsp3) is 0.583. The summed E-state index contributed by atoms with van der Waals surface area (Å²) in [7, 11) is 0. The maximum atomic E-state index is 5.94. The summed E-state index contributed by atoms with van der Waals surface area (Å²) < 4.78 is 0. The van der Waals surface area contributed by atoms with Gasteiger partial charge < -0.3 is 10.6 Å². The Labute approximate surface area is 91.3 Å². The standard InChI is InChI=1S/C12H19N3/c1-9-4-6-15(10(2)7-9)12-3-5-14-8-11(12)13/h3,5,8-10H,4,6-7,13H2,1-2H3. The van der Waals surface area contributed by atoms with Gasteiger partial charge in [0.25, 0.3) is 0 Å². The molecule has 1 aliphatic heterocycles. The van der Waals surface area contributed by atoms with E-state index < -0.39 is 0 Å². The molecule has 0 aliphatic carbocycles. The fourth-order valence-electron chi connectivity index (χ4n) is 2.43. The first-order valence-electron chi connectivity index (χ1n) is 5.64. The minimum atomic E-state index is 0.582. The van der Waals surface area contributed by atoms with Crippen LogP contribution in [0, 0.1) is 5.92 Å². The molecule has 82 valence electrons. The summed E-state index contributed by atoms with van der Waals surface area (Å²) in [6, 6.07) is 2.60. The van der Waals surface area contributed by atoms with Crippen molar-refractivity contribution in [3.8, 4) is 0 Å². The zero-order valence-corrected chi connectivity index (χ0v) is 9.48. The molecule has 0 radical (unpaired) electrons. The number of hydrogen-bond donors (Lipinski definition) is 1. The van der Waals surface area contributed by atoms with Crippen LogP contribution in [-0.4, -0.2) is 17.6 Å². The van der Waals surface area contributed by atoms with Crippen molar-refractivity contribution in [1.82, 2.24) is 4.98 Å². The molecular weight excluding hydrogens is 186 g/mol. The summed E-state index contributed by atoms with van der Waals surface area (Å²) in [6.45, 7) is 5.70. The molecule has 3 heteroatoms. The van der Waals surface area contributed by atoms with E-state index in [4.69, 9.17) is 5.73 Å². The largest absolute Gasteiger partial charge is 0.396 e. The van der Waals surface area contributed by atoms with Gasteiger partial charge in [-0.3, -0.25) is 4.98 Å². The minimum Gasteiger partial charge on any atom is -0.396 e. The van der Waals surface area contributed by atoms with Crippen molar-refractivity contribution < 1.29 is 0 Å². The highest BCUT2D eigenvalue weighted by Gasteiger charge is 2.23. The molecule has 2 N–H and O–H groups in total. The maximum Gasteiger partial charge on any atom is 0.0738 e. The highest BCUT2D eigenvalue weighted by Crippen LogP contribution is 2.30. The molecule has 1 saturated heterocycles. The Morgan fingerprint density at radius 1 is 1.47 bits per heavy atom. The van der Waals surface area contributed by atoms with Crippen LogP contribution in [-0.2, 0) is 0 Å². The third-order valence-corrected chi connectivity index (χ3v) is 3.28. The van der Waals surface area contributed by atoms with Crippen LogP contribution < -0.4 is 10.6 Å². The molecular formula is C12H19N3. The molecule has 1 aliphatic rings. The lowest BCUT2D eigenvalue weighted by Crippen LogP contribution is -2.40. The molecule has 0 spiro atoms. The zero-order valence-electron chi connectivity index (χ0n) is 9.48. The molecule has 2 rings (SSSR count). The lowest BCUT2D eigenvalue weighted by Gasteiger charge is -2.38. The van der Waals surface area contributed by atoms with Crippen molar-refractivity contribution in [3.63, 3.8) is 0 Å². The van der Waals surface area contributed by atoms with Gasteiger partial charge in [-0.15, -0.1) is 0 Å². The quantitative estimate of drug-likeness (QED) is 0.765. The molecule has 3 nitrogen and oxygen atoms in total. The van der Waals surface area contributed by atoms with Crippen molar-refractivity contribution in [3.05, 3.63) is 18.5 Å². The number of aromatic nitrogens is 1. The summed E-state index contributed by atoms with van der Waals surface area (Å²) >= 11 is 0. The average molecular weight is 205 g/mol. The summed E-state index contributed by atoms with van der Waals surface area (Å²) in [5, 5.41) is 0.